The van der Waals surface area contributed by atoms with E-state index in [0.717, 1.165) is 0 Å². The summed E-state index contributed by atoms with van der Waals surface area (Å²) in [5, 5.41) is 0. The number of Topliss-reactive ketones (excluding diaryl/α,β-unsaturated/α-hetero) is 1. The predicted octanol–water partition coefficient (Wildman–Crippen LogP) is 4.16. The Morgan fingerprint density at radius 2 is 1.52 bits per heavy atom. The van der Waals surface area contributed by atoms with E-state index in [2.05, 4.69) is 4.74 Å². The smallest absolute Gasteiger partial charge is 0.361 e. The van der Waals surface area contributed by atoms with Gasteiger partial charge in [0.05, 0.1) is 0 Å². The van der Waals surface area contributed by atoms with E-state index in [0.29, 0.717) is 5.56 Å². The van der Waals surface area contributed by atoms with Gasteiger partial charge in [-0.2, -0.15) is 26.3 Å². The molecule has 0 atom stereocenters. The Kier molecular flexibility index (Phi) is 5.77. The van der Waals surface area contributed by atoms with Gasteiger partial charge in [-0.1, -0.05) is 30.3 Å². The quantitative estimate of drug-likeness (QED) is 0.448. The third-order valence-electron chi connectivity index (χ3n) is 2.52. The fraction of sp³-hybridized carbons (Fsp3) is 0.462. The van der Waals surface area contributed by atoms with Crippen LogP contribution in [0.1, 0.15) is 23.2 Å². The van der Waals surface area contributed by atoms with Crippen molar-refractivity contribution in [2.45, 2.75) is 31.3 Å². The number of hydrogen-bond acceptors (Lipinski definition) is 2. The number of halogens is 6. The Labute approximate surface area is 116 Å². The van der Waals surface area contributed by atoms with Gasteiger partial charge in [0.2, 0.25) is 6.10 Å². The first-order chi connectivity index (χ1) is 9.62. The summed E-state index contributed by atoms with van der Waals surface area (Å²) in [6, 6.07) is 7.91. The number of hydrogen-bond donors (Lipinski definition) is 0. The van der Waals surface area contributed by atoms with Gasteiger partial charge in [-0.25, -0.2) is 0 Å². The van der Waals surface area contributed by atoms with Crippen molar-refractivity contribution >= 4 is 5.78 Å². The van der Waals surface area contributed by atoms with E-state index in [1.807, 2.05) is 0 Å². The van der Waals surface area contributed by atoms with E-state index < -0.39 is 25.1 Å². The fourth-order valence-corrected chi connectivity index (χ4v) is 1.58. The molecule has 0 spiro atoms. The molecule has 0 heterocycles. The Bertz CT molecular complexity index is 438. The molecule has 0 bridgehead atoms. The number of ether oxygens (including phenoxy) is 1. The first kappa shape index (κ1) is 17.5. The van der Waals surface area contributed by atoms with Gasteiger partial charge in [0, 0.05) is 18.6 Å². The summed E-state index contributed by atoms with van der Waals surface area (Å²) in [7, 11) is 0. The van der Waals surface area contributed by atoms with Crippen LogP contribution in [0.5, 0.6) is 0 Å². The molecule has 21 heavy (non-hydrogen) atoms. The van der Waals surface area contributed by atoms with Crippen LogP contribution >= 0.6 is 0 Å². The van der Waals surface area contributed by atoms with E-state index in [-0.39, 0.29) is 18.6 Å². The molecule has 0 aliphatic rings. The highest BCUT2D eigenvalue weighted by atomic mass is 19.4. The molecule has 2 nitrogen and oxygen atoms in total. The van der Waals surface area contributed by atoms with Gasteiger partial charge in [-0.05, 0) is 6.42 Å². The van der Waals surface area contributed by atoms with Crippen LogP contribution in [0.3, 0.4) is 0 Å². The van der Waals surface area contributed by atoms with Crippen LogP contribution in [0.25, 0.3) is 0 Å². The van der Waals surface area contributed by atoms with Crippen LogP contribution in [0.4, 0.5) is 26.3 Å². The van der Waals surface area contributed by atoms with Crippen molar-refractivity contribution in [2.75, 3.05) is 6.61 Å². The number of rotatable bonds is 6. The summed E-state index contributed by atoms with van der Waals surface area (Å²) in [5.74, 6) is -0.366. The molecule has 0 radical (unpaired) electrons. The molecule has 0 amide bonds. The van der Waals surface area contributed by atoms with Crippen molar-refractivity contribution < 1.29 is 35.9 Å². The first-order valence-corrected chi connectivity index (χ1v) is 5.95. The second-order valence-corrected chi connectivity index (χ2v) is 4.23. The Morgan fingerprint density at radius 1 is 1.00 bits per heavy atom. The van der Waals surface area contributed by atoms with Crippen LogP contribution < -0.4 is 0 Å². The zero-order valence-electron chi connectivity index (χ0n) is 10.7. The van der Waals surface area contributed by atoms with Crippen molar-refractivity contribution in [1.29, 1.82) is 0 Å². The monoisotopic (exact) mass is 314 g/mol. The molecule has 0 aromatic heterocycles. The number of carbonyl (C=O) groups excluding carboxylic acids is 1. The summed E-state index contributed by atoms with van der Waals surface area (Å²) in [5.41, 5.74) is 0.348. The fourth-order valence-electron chi connectivity index (χ4n) is 1.58. The van der Waals surface area contributed by atoms with Crippen molar-refractivity contribution in [3.8, 4) is 0 Å². The summed E-state index contributed by atoms with van der Waals surface area (Å²) in [4.78, 5) is 11.6. The lowest BCUT2D eigenvalue weighted by atomic mass is 10.1. The highest BCUT2D eigenvalue weighted by Crippen LogP contribution is 2.35. The summed E-state index contributed by atoms with van der Waals surface area (Å²) in [6.45, 7) is -0.803. The van der Waals surface area contributed by atoms with Crippen LogP contribution in [-0.4, -0.2) is 30.8 Å². The largest absolute Gasteiger partial charge is 0.423 e. The van der Waals surface area contributed by atoms with E-state index in [9.17, 15) is 31.1 Å². The Hall–Kier alpha value is -1.57. The van der Waals surface area contributed by atoms with E-state index >= 15 is 0 Å². The molecule has 1 aromatic carbocycles. The minimum Gasteiger partial charge on any atom is -0.361 e. The molecule has 0 aliphatic carbocycles. The summed E-state index contributed by atoms with van der Waals surface area (Å²) < 4.78 is 76.8. The maximum Gasteiger partial charge on any atom is 0.423 e. The highest BCUT2D eigenvalue weighted by Gasteiger charge is 2.57. The van der Waals surface area contributed by atoms with Gasteiger partial charge >= 0.3 is 12.4 Å². The second kappa shape index (κ2) is 6.93. The molecule has 0 N–H and O–H groups in total. The number of alkyl halides is 6. The first-order valence-electron chi connectivity index (χ1n) is 5.95. The zero-order chi connectivity index (χ0) is 16.1. The Balaban J connectivity index is 2.44. The predicted molar refractivity (Wildman–Crippen MR) is 61.9 cm³/mol. The van der Waals surface area contributed by atoms with E-state index in [1.165, 1.54) is 12.1 Å². The lowest BCUT2D eigenvalue weighted by Crippen LogP contribution is -2.44. The third kappa shape index (κ3) is 5.74. The standard InChI is InChI=1S/C13H12F6O2/c14-12(15,16)11(13(17,18)19)21-8-4-7-10(20)9-5-2-1-3-6-9/h1-3,5-6,11H,4,7-8H2. The van der Waals surface area contributed by atoms with Crippen molar-refractivity contribution in [1.82, 2.24) is 0 Å². The normalized spacial score (nSPS) is 12.7. The molecule has 0 saturated carbocycles. The molecule has 0 fully saturated rings. The molecule has 0 aliphatic heterocycles. The Morgan fingerprint density at radius 3 is 2.00 bits per heavy atom. The van der Waals surface area contributed by atoms with E-state index in [1.54, 1.807) is 18.2 Å². The van der Waals surface area contributed by atoms with Crippen LogP contribution in [0, 0.1) is 0 Å². The molecular weight excluding hydrogens is 302 g/mol. The lowest BCUT2D eigenvalue weighted by Gasteiger charge is -2.22. The second-order valence-electron chi connectivity index (χ2n) is 4.23. The van der Waals surface area contributed by atoms with Gasteiger partial charge in [0.1, 0.15) is 0 Å². The number of benzene rings is 1. The summed E-state index contributed by atoms with van der Waals surface area (Å²) in [6.07, 6.45) is -15.3. The topological polar surface area (TPSA) is 26.3 Å². The van der Waals surface area contributed by atoms with Crippen molar-refractivity contribution in [2.24, 2.45) is 0 Å². The van der Waals surface area contributed by atoms with Gasteiger partial charge < -0.3 is 4.74 Å². The lowest BCUT2D eigenvalue weighted by molar-refractivity contribution is -0.321. The maximum absolute atomic E-state index is 12.2. The van der Waals surface area contributed by atoms with Crippen molar-refractivity contribution in [3.05, 3.63) is 35.9 Å². The molecule has 0 saturated heterocycles. The molecule has 118 valence electrons. The highest BCUT2D eigenvalue weighted by molar-refractivity contribution is 5.95. The number of carbonyl (C=O) groups is 1. The van der Waals surface area contributed by atoms with E-state index in [4.69, 9.17) is 0 Å². The van der Waals surface area contributed by atoms with Gasteiger partial charge in [-0.3, -0.25) is 4.79 Å². The average molecular weight is 314 g/mol. The van der Waals surface area contributed by atoms with Crippen molar-refractivity contribution in [3.63, 3.8) is 0 Å². The minimum absolute atomic E-state index is 0.188. The third-order valence-corrected chi connectivity index (χ3v) is 2.52. The van der Waals surface area contributed by atoms with Gasteiger partial charge in [0.25, 0.3) is 0 Å². The molecule has 8 heteroatoms. The minimum atomic E-state index is -5.53. The molecular formula is C13H12F6O2. The van der Waals surface area contributed by atoms with Gasteiger partial charge in [0.15, 0.2) is 5.78 Å². The van der Waals surface area contributed by atoms with Gasteiger partial charge in [-0.15, -0.1) is 0 Å². The number of ketones is 1. The molecule has 1 aromatic rings. The summed E-state index contributed by atoms with van der Waals surface area (Å²) >= 11 is 0. The van der Waals surface area contributed by atoms with Crippen LogP contribution in [0.2, 0.25) is 0 Å². The maximum atomic E-state index is 12.2. The molecule has 1 rings (SSSR count). The zero-order valence-corrected chi connectivity index (χ0v) is 10.7. The molecule has 0 unspecified atom stereocenters. The van der Waals surface area contributed by atoms with Crippen LogP contribution in [-0.2, 0) is 4.74 Å². The SMILES string of the molecule is O=C(CCCOC(C(F)(F)F)C(F)(F)F)c1ccccc1. The van der Waals surface area contributed by atoms with Crippen LogP contribution in [0.15, 0.2) is 30.3 Å². The average Bonchev–Trinajstić information content (AvgIpc) is 2.36.